The second-order valence-corrected chi connectivity index (χ2v) is 8.37. The van der Waals surface area contributed by atoms with Gasteiger partial charge in [0, 0.05) is 18.5 Å². The maximum absolute atomic E-state index is 12.9. The van der Waals surface area contributed by atoms with Gasteiger partial charge in [-0.3, -0.25) is 13.9 Å². The number of hydrogen-bond acceptors (Lipinski definition) is 3. The number of aromatic nitrogens is 4. The Morgan fingerprint density at radius 3 is 2.38 bits per heavy atom. The second-order valence-electron chi connectivity index (χ2n) is 8.37. The largest absolute Gasteiger partial charge is 0.336 e. The molecule has 4 saturated carbocycles. The topological polar surface area (TPSA) is 72.7 Å². The monoisotopic (exact) mass is 352 g/mol. The molecule has 2 aromatic rings. The van der Waals surface area contributed by atoms with Crippen molar-refractivity contribution in [3.8, 4) is 0 Å². The number of H-pyrrole nitrogens is 1. The van der Waals surface area contributed by atoms with Gasteiger partial charge in [0.05, 0.1) is 0 Å². The smallest absolute Gasteiger partial charge is 0.333 e. The van der Waals surface area contributed by atoms with Crippen molar-refractivity contribution >= 4 is 11.2 Å². The SMILES string of the molecule is C=CCn1c(=O)c2[nH]c(C34CC5CC(CC3C5)C4)nc2n(CC=C)c1=O. The summed E-state index contributed by atoms with van der Waals surface area (Å²) in [4.78, 5) is 33.9. The minimum atomic E-state index is -0.352. The Labute approximate surface area is 151 Å². The molecule has 0 aromatic carbocycles. The fraction of sp³-hybridized carbons (Fsp3) is 0.550. The molecule has 4 aliphatic carbocycles. The van der Waals surface area contributed by atoms with Crippen molar-refractivity contribution in [3.05, 3.63) is 52.0 Å². The first kappa shape index (κ1) is 15.9. The lowest BCUT2D eigenvalue weighted by atomic mass is 9.75. The molecule has 6 nitrogen and oxygen atoms in total. The first-order chi connectivity index (χ1) is 12.6. The molecule has 2 heterocycles. The predicted molar refractivity (Wildman–Crippen MR) is 100 cm³/mol. The van der Waals surface area contributed by atoms with E-state index in [0.29, 0.717) is 23.6 Å². The average molecular weight is 352 g/mol. The maximum Gasteiger partial charge on any atom is 0.333 e. The third-order valence-corrected chi connectivity index (χ3v) is 6.95. The van der Waals surface area contributed by atoms with Crippen molar-refractivity contribution in [2.75, 3.05) is 0 Å². The van der Waals surface area contributed by atoms with Crippen molar-refractivity contribution in [1.82, 2.24) is 19.1 Å². The summed E-state index contributed by atoms with van der Waals surface area (Å²) >= 11 is 0. The van der Waals surface area contributed by atoms with Gasteiger partial charge >= 0.3 is 5.69 Å². The number of rotatable bonds is 5. The van der Waals surface area contributed by atoms with Crippen LogP contribution in [0.15, 0.2) is 34.9 Å². The highest BCUT2D eigenvalue weighted by molar-refractivity contribution is 5.70. The molecular formula is C20H24N4O2. The van der Waals surface area contributed by atoms with Crippen LogP contribution in [0.1, 0.15) is 37.9 Å². The second kappa shape index (κ2) is 5.32. The molecule has 4 bridgehead atoms. The van der Waals surface area contributed by atoms with E-state index in [2.05, 4.69) is 18.1 Å². The molecule has 4 fully saturated rings. The number of allylic oxidation sites excluding steroid dienone is 2. The van der Waals surface area contributed by atoms with Gasteiger partial charge in [0.15, 0.2) is 5.65 Å². The molecule has 4 aliphatic rings. The zero-order valence-electron chi connectivity index (χ0n) is 14.9. The Bertz CT molecular complexity index is 1030. The number of nitrogens with zero attached hydrogens (tertiary/aromatic N) is 3. The van der Waals surface area contributed by atoms with E-state index >= 15 is 0 Å². The van der Waals surface area contributed by atoms with Crippen LogP contribution in [0.2, 0.25) is 0 Å². The Hall–Kier alpha value is -2.37. The molecule has 0 radical (unpaired) electrons. The minimum Gasteiger partial charge on any atom is -0.336 e. The third kappa shape index (κ3) is 1.90. The quantitative estimate of drug-likeness (QED) is 0.840. The molecule has 0 aliphatic heterocycles. The van der Waals surface area contributed by atoms with Gasteiger partial charge in [0.1, 0.15) is 11.3 Å². The van der Waals surface area contributed by atoms with Gasteiger partial charge in [-0.15, -0.1) is 13.2 Å². The van der Waals surface area contributed by atoms with Crippen LogP contribution >= 0.6 is 0 Å². The fourth-order valence-corrected chi connectivity index (χ4v) is 6.17. The maximum atomic E-state index is 12.9. The van der Waals surface area contributed by atoms with Gasteiger partial charge in [-0.1, -0.05) is 12.2 Å². The minimum absolute atomic E-state index is 0.0807. The Balaban J connectivity index is 1.75. The summed E-state index contributed by atoms with van der Waals surface area (Å²) in [7, 11) is 0. The van der Waals surface area contributed by atoms with Gasteiger partial charge in [-0.05, 0) is 49.9 Å². The van der Waals surface area contributed by atoms with Gasteiger partial charge in [0.2, 0.25) is 0 Å². The van der Waals surface area contributed by atoms with E-state index in [1.165, 1.54) is 36.7 Å². The summed E-state index contributed by atoms with van der Waals surface area (Å²) in [6, 6.07) is 0. The van der Waals surface area contributed by atoms with Crippen LogP contribution in [0, 0.1) is 17.8 Å². The van der Waals surface area contributed by atoms with E-state index in [0.717, 1.165) is 17.7 Å². The first-order valence-electron chi connectivity index (χ1n) is 9.53. The number of fused-ring (bicyclic) bond motifs is 1. The predicted octanol–water partition coefficient (Wildman–Crippen LogP) is 2.34. The molecule has 1 N–H and O–H groups in total. The van der Waals surface area contributed by atoms with Crippen LogP contribution in [0.3, 0.4) is 0 Å². The zero-order valence-corrected chi connectivity index (χ0v) is 14.9. The van der Waals surface area contributed by atoms with E-state index in [-0.39, 0.29) is 23.2 Å². The lowest BCUT2D eigenvalue weighted by Crippen LogP contribution is -2.39. The Morgan fingerprint density at radius 1 is 1.08 bits per heavy atom. The molecule has 2 atom stereocenters. The summed E-state index contributed by atoms with van der Waals surface area (Å²) in [5.41, 5.74) is 0.324. The van der Waals surface area contributed by atoms with Gasteiger partial charge < -0.3 is 4.98 Å². The third-order valence-electron chi connectivity index (χ3n) is 6.95. The van der Waals surface area contributed by atoms with Crippen molar-refractivity contribution in [3.63, 3.8) is 0 Å². The number of nitrogens with one attached hydrogen (secondary N) is 1. The standard InChI is InChI=1S/C20H24N4O2/c1-3-5-23-16-15(17(25)24(6-4-2)19(23)26)21-18(22-16)20-10-12-7-13(11-20)9-14(20)8-12/h3-4,12-14H,1-2,5-11H2,(H,21,22). The molecular weight excluding hydrogens is 328 g/mol. The molecule has 2 aromatic heterocycles. The summed E-state index contributed by atoms with van der Waals surface area (Å²) in [5.74, 6) is 3.19. The molecule has 26 heavy (non-hydrogen) atoms. The summed E-state index contributed by atoms with van der Waals surface area (Å²) in [6.45, 7) is 7.94. The number of aromatic amines is 1. The highest BCUT2D eigenvalue weighted by Gasteiger charge is 2.59. The van der Waals surface area contributed by atoms with Crippen molar-refractivity contribution < 1.29 is 0 Å². The molecule has 136 valence electrons. The van der Waals surface area contributed by atoms with E-state index in [1.807, 2.05) is 0 Å². The normalized spacial score (nSPS) is 31.8. The zero-order chi connectivity index (χ0) is 18.1. The molecule has 0 amide bonds. The Kier molecular flexibility index (Phi) is 3.24. The highest BCUT2D eigenvalue weighted by atomic mass is 16.2. The number of imidazole rings is 1. The molecule has 0 saturated heterocycles. The summed E-state index contributed by atoms with van der Waals surface area (Å²) in [5, 5.41) is 0. The van der Waals surface area contributed by atoms with E-state index < -0.39 is 0 Å². The van der Waals surface area contributed by atoms with Crippen LogP contribution < -0.4 is 11.2 Å². The molecule has 2 unspecified atom stereocenters. The van der Waals surface area contributed by atoms with Crippen LogP contribution in [0.4, 0.5) is 0 Å². The van der Waals surface area contributed by atoms with E-state index in [9.17, 15) is 9.59 Å². The fourth-order valence-electron chi connectivity index (χ4n) is 6.17. The van der Waals surface area contributed by atoms with Crippen molar-refractivity contribution in [2.45, 2.75) is 50.6 Å². The lowest BCUT2D eigenvalue weighted by molar-refractivity contribution is 0.262. The van der Waals surface area contributed by atoms with Crippen LogP contribution in [0.5, 0.6) is 0 Å². The van der Waals surface area contributed by atoms with Gasteiger partial charge in [0.25, 0.3) is 5.56 Å². The highest BCUT2D eigenvalue weighted by Crippen LogP contribution is 2.65. The van der Waals surface area contributed by atoms with Gasteiger partial charge in [-0.2, -0.15) is 0 Å². The average Bonchev–Trinajstić information content (AvgIpc) is 3.24. The van der Waals surface area contributed by atoms with Crippen molar-refractivity contribution in [1.29, 1.82) is 0 Å². The molecule has 6 heteroatoms. The molecule has 6 rings (SSSR count). The molecule has 0 spiro atoms. The summed E-state index contributed by atoms with van der Waals surface area (Å²) < 4.78 is 2.76. The van der Waals surface area contributed by atoms with Crippen LogP contribution in [-0.2, 0) is 18.5 Å². The number of hydrogen-bond donors (Lipinski definition) is 1. The van der Waals surface area contributed by atoms with Crippen LogP contribution in [-0.4, -0.2) is 19.1 Å². The van der Waals surface area contributed by atoms with Gasteiger partial charge in [-0.25, -0.2) is 9.78 Å². The van der Waals surface area contributed by atoms with E-state index in [4.69, 9.17) is 4.98 Å². The lowest BCUT2D eigenvalue weighted by Gasteiger charge is -2.30. The van der Waals surface area contributed by atoms with Crippen molar-refractivity contribution in [2.24, 2.45) is 17.8 Å². The summed E-state index contributed by atoms with van der Waals surface area (Å²) in [6.07, 6.45) is 9.49. The Morgan fingerprint density at radius 2 is 1.73 bits per heavy atom. The van der Waals surface area contributed by atoms with Crippen LogP contribution in [0.25, 0.3) is 11.2 Å². The van der Waals surface area contributed by atoms with E-state index in [1.54, 1.807) is 16.7 Å². The first-order valence-corrected chi connectivity index (χ1v) is 9.53.